The Labute approximate surface area is 85.6 Å². The zero-order chi connectivity index (χ0) is 8.53. The summed E-state index contributed by atoms with van der Waals surface area (Å²) in [5.74, 6) is 0. The first-order valence-corrected chi connectivity index (χ1v) is 5.14. The van der Waals surface area contributed by atoms with Crippen molar-refractivity contribution in [2.75, 3.05) is 6.61 Å². The average Bonchev–Trinajstić information content (AvgIpc) is 1.96. The Balaban J connectivity index is 0. The summed E-state index contributed by atoms with van der Waals surface area (Å²) in [5, 5.41) is 0. The van der Waals surface area contributed by atoms with E-state index in [0.29, 0.717) is 6.61 Å². The van der Waals surface area contributed by atoms with Gasteiger partial charge in [0.1, 0.15) is 6.61 Å². The van der Waals surface area contributed by atoms with Crippen LogP contribution in [-0.4, -0.2) is 6.61 Å². The third kappa shape index (κ3) is 13.2. The standard InChI is InChI=1S/C7H15O3P.Cr/c1-2-3-4-5-6-7-10-11(8)9;/h2-7H2,1H3;/q;+2. The topological polar surface area (TPSA) is 49.4 Å². The van der Waals surface area contributed by atoms with Crippen LogP contribution >= 0.6 is 8.25 Å². The molecular formula is C7H15CrO3P+2. The number of rotatable bonds is 7. The van der Waals surface area contributed by atoms with Crippen molar-refractivity contribution < 1.29 is 31.3 Å². The van der Waals surface area contributed by atoms with Crippen LogP contribution in [0.2, 0.25) is 0 Å². The van der Waals surface area contributed by atoms with Gasteiger partial charge in [0, 0.05) is 0 Å². The van der Waals surface area contributed by atoms with Crippen LogP contribution in [-0.2, 0) is 26.4 Å². The van der Waals surface area contributed by atoms with Crippen LogP contribution in [0.5, 0.6) is 0 Å². The van der Waals surface area contributed by atoms with Crippen LogP contribution in [0.25, 0.3) is 0 Å². The molecule has 5 heteroatoms. The van der Waals surface area contributed by atoms with Gasteiger partial charge in [0.05, 0.1) is 0 Å². The largest absolute Gasteiger partial charge is 2.00 e. The molecule has 0 N–H and O–H groups in total. The van der Waals surface area contributed by atoms with E-state index in [0.717, 1.165) is 12.8 Å². The zero-order valence-corrected chi connectivity index (χ0v) is 9.49. The maximum Gasteiger partial charge on any atom is 2.00 e. The number of hydrogen-bond donors (Lipinski definition) is 0. The Bertz CT molecular complexity index is 111. The van der Waals surface area contributed by atoms with Gasteiger partial charge >= 0.3 is 25.6 Å². The summed E-state index contributed by atoms with van der Waals surface area (Å²) in [5.41, 5.74) is 0. The van der Waals surface area contributed by atoms with E-state index in [1.165, 1.54) is 19.3 Å². The molecule has 0 rings (SSSR count). The van der Waals surface area contributed by atoms with Gasteiger partial charge in [-0.15, -0.1) is 4.52 Å². The molecule has 12 heavy (non-hydrogen) atoms. The van der Waals surface area contributed by atoms with Crippen molar-refractivity contribution in [2.24, 2.45) is 0 Å². The molecule has 0 heterocycles. The molecule has 0 aliphatic heterocycles. The van der Waals surface area contributed by atoms with Gasteiger partial charge in [-0.2, -0.15) is 0 Å². The molecule has 0 aliphatic carbocycles. The molecule has 3 nitrogen and oxygen atoms in total. The Morgan fingerprint density at radius 1 is 1.25 bits per heavy atom. The molecule has 0 saturated heterocycles. The monoisotopic (exact) mass is 230 g/mol. The molecule has 0 saturated carbocycles. The molecule has 0 spiro atoms. The Kier molecular flexibility index (Phi) is 14.5. The maximum absolute atomic E-state index is 9.90. The van der Waals surface area contributed by atoms with Crippen molar-refractivity contribution in [3.63, 3.8) is 0 Å². The number of unbranched alkanes of at least 4 members (excludes halogenated alkanes) is 4. The Morgan fingerprint density at radius 3 is 2.33 bits per heavy atom. The van der Waals surface area contributed by atoms with E-state index in [9.17, 15) is 9.46 Å². The van der Waals surface area contributed by atoms with Gasteiger partial charge in [0.2, 0.25) is 0 Å². The van der Waals surface area contributed by atoms with Crippen molar-refractivity contribution >= 4 is 8.25 Å². The summed E-state index contributed by atoms with van der Waals surface area (Å²) in [6.07, 6.45) is 5.52. The van der Waals surface area contributed by atoms with Crippen molar-refractivity contribution in [2.45, 2.75) is 39.0 Å². The molecule has 1 atom stereocenters. The van der Waals surface area contributed by atoms with Crippen LogP contribution in [0.15, 0.2) is 0 Å². The van der Waals surface area contributed by atoms with Crippen LogP contribution < -0.4 is 4.89 Å². The second kappa shape index (κ2) is 11.6. The molecule has 0 aromatic carbocycles. The van der Waals surface area contributed by atoms with Gasteiger partial charge in [-0.3, -0.25) is 0 Å². The van der Waals surface area contributed by atoms with E-state index in [1.807, 2.05) is 0 Å². The fourth-order valence-electron chi connectivity index (χ4n) is 0.845. The van der Waals surface area contributed by atoms with E-state index in [2.05, 4.69) is 11.4 Å². The summed E-state index contributed by atoms with van der Waals surface area (Å²) >= 11 is 0. The van der Waals surface area contributed by atoms with Crippen LogP contribution in [0.1, 0.15) is 39.0 Å². The fourth-order valence-corrected chi connectivity index (χ4v) is 1.12. The molecule has 0 fully saturated rings. The third-order valence-electron chi connectivity index (χ3n) is 1.44. The van der Waals surface area contributed by atoms with E-state index >= 15 is 0 Å². The minimum absolute atomic E-state index is 0. The minimum atomic E-state index is -2.62. The summed E-state index contributed by atoms with van der Waals surface area (Å²) < 4.78 is 14.3. The van der Waals surface area contributed by atoms with Crippen molar-refractivity contribution in [1.82, 2.24) is 0 Å². The van der Waals surface area contributed by atoms with E-state index < -0.39 is 8.25 Å². The Morgan fingerprint density at radius 2 is 1.83 bits per heavy atom. The predicted octanol–water partition coefficient (Wildman–Crippen LogP) is 1.99. The normalized spacial score (nSPS) is 10.7. The fraction of sp³-hybridized carbons (Fsp3) is 1.00. The molecule has 1 unspecified atom stereocenters. The van der Waals surface area contributed by atoms with Crippen molar-refractivity contribution in [3.8, 4) is 0 Å². The third-order valence-corrected chi connectivity index (χ3v) is 1.84. The van der Waals surface area contributed by atoms with E-state index in [4.69, 9.17) is 0 Å². The van der Waals surface area contributed by atoms with Crippen molar-refractivity contribution in [3.05, 3.63) is 0 Å². The van der Waals surface area contributed by atoms with Gasteiger partial charge in [-0.1, -0.05) is 32.6 Å². The number of hydrogen-bond acceptors (Lipinski definition) is 3. The van der Waals surface area contributed by atoms with Gasteiger partial charge in [-0.25, -0.2) is 0 Å². The average molecular weight is 230 g/mol. The molecule has 0 bridgehead atoms. The molecule has 0 aliphatic rings. The first-order valence-electron chi connectivity index (χ1n) is 4.04. The SMILES string of the molecule is CCCCCCCO[P+](=O)[O-].[Cr+2]. The van der Waals surface area contributed by atoms with Gasteiger partial charge in [0.15, 0.2) is 0 Å². The quantitative estimate of drug-likeness (QED) is 0.496. The summed E-state index contributed by atoms with van der Waals surface area (Å²) in [6.45, 7) is 2.49. The smallest absolute Gasteiger partial charge is 0.566 e. The molecule has 0 radical (unpaired) electrons. The van der Waals surface area contributed by atoms with Crippen LogP contribution in [0.4, 0.5) is 0 Å². The van der Waals surface area contributed by atoms with Gasteiger partial charge in [0.25, 0.3) is 0 Å². The second-order valence-electron chi connectivity index (χ2n) is 2.47. The molecular weight excluding hydrogens is 215 g/mol. The van der Waals surface area contributed by atoms with E-state index in [-0.39, 0.29) is 17.4 Å². The van der Waals surface area contributed by atoms with E-state index in [1.54, 1.807) is 0 Å². The van der Waals surface area contributed by atoms with Crippen molar-refractivity contribution in [1.29, 1.82) is 0 Å². The second-order valence-corrected chi connectivity index (χ2v) is 3.18. The maximum atomic E-state index is 9.90. The van der Waals surface area contributed by atoms with Crippen LogP contribution in [0, 0.1) is 0 Å². The molecule has 0 aromatic rings. The first-order chi connectivity index (χ1) is 5.27. The molecule has 70 valence electrons. The predicted molar refractivity (Wildman–Crippen MR) is 42.3 cm³/mol. The van der Waals surface area contributed by atoms with Crippen LogP contribution in [0.3, 0.4) is 0 Å². The first kappa shape index (κ1) is 15.0. The minimum Gasteiger partial charge on any atom is -0.566 e. The zero-order valence-electron chi connectivity index (χ0n) is 7.32. The van der Waals surface area contributed by atoms with Gasteiger partial charge < -0.3 is 4.89 Å². The molecule has 0 aromatic heterocycles. The summed E-state index contributed by atoms with van der Waals surface area (Å²) in [4.78, 5) is 9.90. The van der Waals surface area contributed by atoms with Gasteiger partial charge in [-0.05, 0) is 11.0 Å². The summed E-state index contributed by atoms with van der Waals surface area (Å²) in [7, 11) is -2.62. The molecule has 0 amide bonds. The Hall–Kier alpha value is 0.552. The summed E-state index contributed by atoms with van der Waals surface area (Å²) in [6, 6.07) is 0.